The van der Waals surface area contributed by atoms with Crippen LogP contribution in [0.5, 0.6) is 0 Å². The van der Waals surface area contributed by atoms with E-state index in [4.69, 9.17) is 23.6 Å². The Bertz CT molecular complexity index is 233. The van der Waals surface area contributed by atoms with Crippen molar-refractivity contribution in [2.45, 2.75) is 12.3 Å². The lowest BCUT2D eigenvalue weighted by Crippen LogP contribution is -2.38. The molecule has 12 heavy (non-hydrogen) atoms. The van der Waals surface area contributed by atoms with Crippen LogP contribution in [0.3, 0.4) is 0 Å². The highest BCUT2D eigenvalue weighted by atomic mass is 35.5. The Morgan fingerprint density at radius 3 is 1.67 bits per heavy atom. The molecule has 2 aliphatic rings. The van der Waals surface area contributed by atoms with E-state index in [0.717, 1.165) is 8.84 Å². The number of carbonyl (C=O) groups is 2. The van der Waals surface area contributed by atoms with Crippen LogP contribution in [0.25, 0.3) is 0 Å². The molecule has 2 N–H and O–H groups in total. The van der Waals surface area contributed by atoms with Gasteiger partial charge < -0.3 is 10.6 Å². The average molecular weight is 211 g/mol. The van der Waals surface area contributed by atoms with Crippen LogP contribution in [0.1, 0.15) is 0 Å². The number of halogens is 2. The van der Waals surface area contributed by atoms with E-state index >= 15 is 0 Å². The molecule has 6 nitrogen and oxygen atoms in total. The normalized spacial score (nSPS) is 33.5. The lowest BCUT2D eigenvalue weighted by atomic mass is 10.4. The van der Waals surface area contributed by atoms with Gasteiger partial charge in [0.15, 0.2) is 12.3 Å². The molecule has 0 spiro atoms. The summed E-state index contributed by atoms with van der Waals surface area (Å²) in [4.78, 5) is 21.8. The summed E-state index contributed by atoms with van der Waals surface area (Å²) in [6.07, 6.45) is -1.19. The first-order valence-electron chi connectivity index (χ1n) is 3.12. The maximum atomic E-state index is 10.9. The second-order valence-corrected chi connectivity index (χ2v) is 3.14. The fourth-order valence-electron chi connectivity index (χ4n) is 1.15. The van der Waals surface area contributed by atoms with E-state index in [1.54, 1.807) is 0 Å². The minimum absolute atomic E-state index is 0.475. The Labute approximate surface area is 77.6 Å². The van der Waals surface area contributed by atoms with Gasteiger partial charge in [0.2, 0.25) is 0 Å². The summed E-state index contributed by atoms with van der Waals surface area (Å²) < 4.78 is 1.73. The maximum absolute atomic E-state index is 10.9. The zero-order chi connectivity index (χ0) is 8.88. The lowest BCUT2D eigenvalue weighted by Gasteiger charge is -2.11. The molecule has 2 rings (SSSR count). The first kappa shape index (κ1) is 7.75. The monoisotopic (exact) mass is 210 g/mol. The van der Waals surface area contributed by atoms with Crippen LogP contribution in [-0.2, 0) is 0 Å². The summed E-state index contributed by atoms with van der Waals surface area (Å²) >= 11 is 11.0. The van der Waals surface area contributed by atoms with Gasteiger partial charge in [-0.3, -0.25) is 0 Å². The predicted octanol–water partition coefficient (Wildman–Crippen LogP) is -0.00340. The Kier molecular flexibility index (Phi) is 1.49. The Morgan fingerprint density at radius 1 is 1.00 bits per heavy atom. The third-order valence-electron chi connectivity index (χ3n) is 1.72. The Balaban J connectivity index is 2.24. The lowest BCUT2D eigenvalue weighted by molar-refractivity contribution is 0.221. The minimum atomic E-state index is -0.593. The van der Waals surface area contributed by atoms with Crippen molar-refractivity contribution in [3.8, 4) is 0 Å². The number of carbonyl (C=O) groups excluding carboxylic acids is 2. The smallest absolute Gasteiger partial charge is 0.312 e. The van der Waals surface area contributed by atoms with Gasteiger partial charge in [-0.05, 0) is 0 Å². The zero-order valence-corrected chi connectivity index (χ0v) is 7.13. The van der Waals surface area contributed by atoms with Crippen molar-refractivity contribution in [1.29, 1.82) is 0 Å². The van der Waals surface area contributed by atoms with Crippen LogP contribution in [0.15, 0.2) is 0 Å². The largest absolute Gasteiger partial charge is 0.335 e. The molecule has 0 bridgehead atoms. The molecule has 2 aliphatic heterocycles. The number of urea groups is 2. The summed E-state index contributed by atoms with van der Waals surface area (Å²) in [6, 6.07) is -0.949. The van der Waals surface area contributed by atoms with Gasteiger partial charge in [0, 0.05) is 23.6 Å². The molecule has 0 aliphatic carbocycles. The molecule has 8 heteroatoms. The van der Waals surface area contributed by atoms with E-state index in [1.165, 1.54) is 0 Å². The molecule has 0 unspecified atom stereocenters. The van der Waals surface area contributed by atoms with Crippen LogP contribution in [0.2, 0.25) is 0 Å². The number of rotatable bonds is 0. The Hall–Kier alpha value is -0.880. The third kappa shape index (κ3) is 0.818. The van der Waals surface area contributed by atoms with Crippen LogP contribution in [0.4, 0.5) is 9.59 Å². The van der Waals surface area contributed by atoms with Crippen molar-refractivity contribution in [2.24, 2.45) is 0 Å². The highest BCUT2D eigenvalue weighted by molar-refractivity contribution is 6.25. The summed E-state index contributed by atoms with van der Waals surface area (Å²) in [5.74, 6) is 0. The van der Waals surface area contributed by atoms with Crippen molar-refractivity contribution >= 4 is 35.6 Å². The molecule has 0 aromatic heterocycles. The number of amides is 4. The molecule has 0 aromatic rings. The summed E-state index contributed by atoms with van der Waals surface area (Å²) in [6.45, 7) is 0. The second-order valence-electron chi connectivity index (χ2n) is 2.41. The molecule has 0 radical (unpaired) electrons. The van der Waals surface area contributed by atoms with Gasteiger partial charge in [-0.15, -0.1) is 0 Å². The van der Waals surface area contributed by atoms with Gasteiger partial charge in [-0.25, -0.2) is 18.4 Å². The molecule has 0 aromatic carbocycles. The topological polar surface area (TPSA) is 64.7 Å². The molecule has 2 fully saturated rings. The van der Waals surface area contributed by atoms with E-state index in [0.29, 0.717) is 0 Å². The third-order valence-corrected chi connectivity index (χ3v) is 2.45. The number of hydrogen-bond donors (Lipinski definition) is 2. The SMILES string of the molecule is O=C1N[C@H]2[C@@H](NC(=O)N2Cl)N1Cl. The second kappa shape index (κ2) is 2.30. The van der Waals surface area contributed by atoms with Crippen LogP contribution in [0, 0.1) is 0 Å². The van der Waals surface area contributed by atoms with Crippen molar-refractivity contribution in [3.05, 3.63) is 0 Å². The van der Waals surface area contributed by atoms with E-state index in [1.807, 2.05) is 0 Å². The first-order chi connectivity index (χ1) is 5.61. The summed E-state index contributed by atoms with van der Waals surface area (Å²) in [7, 11) is 0. The predicted molar refractivity (Wildman–Crippen MR) is 40.0 cm³/mol. The summed E-state index contributed by atoms with van der Waals surface area (Å²) in [5, 5.41) is 4.82. The van der Waals surface area contributed by atoms with E-state index in [-0.39, 0.29) is 0 Å². The van der Waals surface area contributed by atoms with E-state index < -0.39 is 24.4 Å². The average Bonchev–Trinajstić information content (AvgIpc) is 2.43. The number of nitrogens with one attached hydrogen (secondary N) is 2. The molecule has 2 atom stereocenters. The van der Waals surface area contributed by atoms with Crippen molar-refractivity contribution < 1.29 is 9.59 Å². The highest BCUT2D eigenvalue weighted by Gasteiger charge is 2.50. The van der Waals surface area contributed by atoms with Crippen LogP contribution >= 0.6 is 23.6 Å². The summed E-state index contributed by atoms with van der Waals surface area (Å²) in [5.41, 5.74) is 0. The van der Waals surface area contributed by atoms with Gasteiger partial charge in [-0.2, -0.15) is 0 Å². The van der Waals surface area contributed by atoms with Gasteiger partial charge in [0.05, 0.1) is 0 Å². The van der Waals surface area contributed by atoms with Crippen LogP contribution in [-0.4, -0.2) is 33.2 Å². The number of fused-ring (bicyclic) bond motifs is 1. The standard InChI is InChI=1S/C4H4Cl2N4O2/c5-9-1-2(8-4(9)12)10(6)3(11)7-1/h1-2H,(H,7,11)(H,8,12)/t1-,2+. The number of nitrogens with zero attached hydrogens (tertiary/aromatic N) is 2. The molecule has 0 saturated carbocycles. The van der Waals surface area contributed by atoms with E-state index in [9.17, 15) is 9.59 Å². The molecule has 2 saturated heterocycles. The molecule has 4 amide bonds. The van der Waals surface area contributed by atoms with E-state index in [2.05, 4.69) is 10.6 Å². The van der Waals surface area contributed by atoms with Crippen molar-refractivity contribution in [1.82, 2.24) is 19.5 Å². The van der Waals surface area contributed by atoms with Crippen LogP contribution < -0.4 is 10.6 Å². The Morgan fingerprint density at radius 2 is 1.33 bits per heavy atom. The van der Waals surface area contributed by atoms with Gasteiger partial charge in [-0.1, -0.05) is 0 Å². The van der Waals surface area contributed by atoms with Gasteiger partial charge in [0.1, 0.15) is 0 Å². The molecule has 2 heterocycles. The minimum Gasteiger partial charge on any atom is -0.312 e. The maximum Gasteiger partial charge on any atom is 0.335 e. The van der Waals surface area contributed by atoms with Gasteiger partial charge in [0.25, 0.3) is 0 Å². The van der Waals surface area contributed by atoms with Crippen molar-refractivity contribution in [2.75, 3.05) is 0 Å². The fraction of sp³-hybridized carbons (Fsp3) is 0.500. The van der Waals surface area contributed by atoms with Crippen molar-refractivity contribution in [3.63, 3.8) is 0 Å². The molecule has 66 valence electrons. The first-order valence-corrected chi connectivity index (χ1v) is 3.80. The molecular weight excluding hydrogens is 207 g/mol. The van der Waals surface area contributed by atoms with Gasteiger partial charge >= 0.3 is 12.1 Å². The highest BCUT2D eigenvalue weighted by Crippen LogP contribution is 2.23. The molecular formula is C4H4Cl2N4O2. The number of hydrogen-bond acceptors (Lipinski definition) is 2. The quantitative estimate of drug-likeness (QED) is 0.553. The fourth-order valence-corrected chi connectivity index (χ4v) is 1.56. The zero-order valence-electron chi connectivity index (χ0n) is 5.62.